The minimum Gasteiger partial charge on any atom is -0.465 e. The van der Waals surface area contributed by atoms with Crippen LogP contribution in [0.3, 0.4) is 0 Å². The van der Waals surface area contributed by atoms with E-state index in [1.165, 1.54) is 7.11 Å². The van der Waals surface area contributed by atoms with E-state index in [-0.39, 0.29) is 13.2 Å². The Morgan fingerprint density at radius 3 is 2.22 bits per heavy atom. The zero-order valence-electron chi connectivity index (χ0n) is 11.1. The molecule has 0 aliphatic heterocycles. The molecular weight excluding hydrogens is 251 g/mol. The number of ether oxygens (including phenoxy) is 2. The number of carbonyl (C=O) groups is 1. The summed E-state index contributed by atoms with van der Waals surface area (Å²) in [6.45, 7) is 3.52. The smallest absolute Gasteiger partial charge is 0.401 e. The van der Waals surface area contributed by atoms with E-state index in [0.29, 0.717) is 0 Å². The topological polar surface area (TPSA) is 47.6 Å². The van der Waals surface area contributed by atoms with Gasteiger partial charge in [-0.15, -0.1) is 0 Å². The predicted octanol–water partition coefficient (Wildman–Crippen LogP) is 1.74. The maximum Gasteiger partial charge on any atom is 0.401 e. The van der Waals surface area contributed by atoms with E-state index in [9.17, 15) is 18.0 Å². The third-order valence-electron chi connectivity index (χ3n) is 2.60. The SMILES string of the molecule is CCOC(=O)C(COC)(NCC(F)(F)F)C(C)C. The standard InChI is InChI=1S/C11H20F3NO3/c1-5-18-9(16)10(7-17-4,8(2)3)15-6-11(12,13)14/h8,15H,5-7H2,1-4H3. The second kappa shape index (κ2) is 6.94. The third kappa shape index (κ3) is 4.81. The number of carbonyl (C=O) groups excluding carboxylic acids is 1. The van der Waals surface area contributed by atoms with E-state index in [1.54, 1.807) is 20.8 Å². The van der Waals surface area contributed by atoms with Crippen LogP contribution in [0.2, 0.25) is 0 Å². The van der Waals surface area contributed by atoms with Crippen molar-refractivity contribution in [3.8, 4) is 0 Å². The molecule has 0 aromatic heterocycles. The van der Waals surface area contributed by atoms with Crippen molar-refractivity contribution in [1.82, 2.24) is 5.32 Å². The molecule has 1 N–H and O–H groups in total. The van der Waals surface area contributed by atoms with Gasteiger partial charge in [0.1, 0.15) is 5.54 Å². The molecular formula is C11H20F3NO3. The van der Waals surface area contributed by atoms with Crippen LogP contribution in [0.1, 0.15) is 20.8 Å². The van der Waals surface area contributed by atoms with Gasteiger partial charge in [-0.1, -0.05) is 13.8 Å². The molecule has 0 aromatic carbocycles. The molecule has 4 nitrogen and oxygen atoms in total. The maximum absolute atomic E-state index is 12.3. The van der Waals surface area contributed by atoms with Crippen LogP contribution in [0.25, 0.3) is 0 Å². The summed E-state index contributed by atoms with van der Waals surface area (Å²) < 4.78 is 46.6. The Morgan fingerprint density at radius 2 is 1.89 bits per heavy atom. The lowest BCUT2D eigenvalue weighted by Gasteiger charge is -2.35. The highest BCUT2D eigenvalue weighted by Crippen LogP contribution is 2.22. The monoisotopic (exact) mass is 271 g/mol. The highest BCUT2D eigenvalue weighted by molar-refractivity contribution is 5.81. The second-order valence-electron chi connectivity index (χ2n) is 4.25. The number of rotatable bonds is 7. The minimum absolute atomic E-state index is 0.102. The van der Waals surface area contributed by atoms with Crippen molar-refractivity contribution in [2.24, 2.45) is 5.92 Å². The Hall–Kier alpha value is -0.820. The van der Waals surface area contributed by atoms with Crippen molar-refractivity contribution in [2.45, 2.75) is 32.5 Å². The fraction of sp³-hybridized carbons (Fsp3) is 0.909. The molecule has 0 aromatic rings. The molecule has 108 valence electrons. The largest absolute Gasteiger partial charge is 0.465 e. The van der Waals surface area contributed by atoms with Crippen molar-refractivity contribution in [3.05, 3.63) is 0 Å². The number of esters is 1. The molecule has 1 atom stereocenters. The molecule has 0 rings (SSSR count). The van der Waals surface area contributed by atoms with Gasteiger partial charge >= 0.3 is 12.1 Å². The molecule has 0 bridgehead atoms. The normalized spacial score (nSPS) is 15.6. The summed E-state index contributed by atoms with van der Waals surface area (Å²) >= 11 is 0. The number of alkyl halides is 3. The van der Waals surface area contributed by atoms with E-state index in [2.05, 4.69) is 5.32 Å². The van der Waals surface area contributed by atoms with Gasteiger partial charge in [-0.25, -0.2) is 4.79 Å². The van der Waals surface area contributed by atoms with Gasteiger partial charge in [0.15, 0.2) is 0 Å². The highest BCUT2D eigenvalue weighted by atomic mass is 19.4. The fourth-order valence-electron chi connectivity index (χ4n) is 1.53. The summed E-state index contributed by atoms with van der Waals surface area (Å²) in [5, 5.41) is 2.23. The summed E-state index contributed by atoms with van der Waals surface area (Å²) in [6, 6.07) is 0. The lowest BCUT2D eigenvalue weighted by Crippen LogP contribution is -2.61. The Bertz CT molecular complexity index is 269. The van der Waals surface area contributed by atoms with Gasteiger partial charge in [-0.05, 0) is 12.8 Å². The van der Waals surface area contributed by atoms with Gasteiger partial charge in [-0.2, -0.15) is 13.2 Å². The molecule has 0 heterocycles. The number of hydrogen-bond acceptors (Lipinski definition) is 4. The molecule has 0 saturated carbocycles. The van der Waals surface area contributed by atoms with Crippen LogP contribution in [0.4, 0.5) is 13.2 Å². The Morgan fingerprint density at radius 1 is 1.33 bits per heavy atom. The number of halogens is 3. The van der Waals surface area contributed by atoms with E-state index in [4.69, 9.17) is 9.47 Å². The second-order valence-corrected chi connectivity index (χ2v) is 4.25. The predicted molar refractivity (Wildman–Crippen MR) is 60.1 cm³/mol. The molecule has 0 aliphatic rings. The van der Waals surface area contributed by atoms with E-state index in [0.717, 1.165) is 0 Å². The van der Waals surface area contributed by atoms with E-state index < -0.39 is 30.1 Å². The molecule has 1 unspecified atom stereocenters. The molecule has 0 radical (unpaired) electrons. The van der Waals surface area contributed by atoms with Crippen molar-refractivity contribution in [3.63, 3.8) is 0 Å². The van der Waals surface area contributed by atoms with Crippen LogP contribution < -0.4 is 5.32 Å². The van der Waals surface area contributed by atoms with Crippen molar-refractivity contribution < 1.29 is 27.4 Å². The molecule has 0 spiro atoms. The molecule has 0 fully saturated rings. The first-order chi connectivity index (χ1) is 8.19. The van der Waals surface area contributed by atoms with Gasteiger partial charge in [0, 0.05) is 7.11 Å². The molecule has 7 heteroatoms. The van der Waals surface area contributed by atoms with Crippen LogP contribution in [-0.4, -0.2) is 44.6 Å². The zero-order chi connectivity index (χ0) is 14.4. The maximum atomic E-state index is 12.3. The average Bonchev–Trinajstić information content (AvgIpc) is 2.22. The number of methoxy groups -OCH3 is 1. The van der Waals surface area contributed by atoms with Gasteiger partial charge in [-0.3, -0.25) is 5.32 Å². The van der Waals surface area contributed by atoms with Crippen LogP contribution in [-0.2, 0) is 14.3 Å². The zero-order valence-corrected chi connectivity index (χ0v) is 11.1. The number of hydrogen-bond donors (Lipinski definition) is 1. The molecule has 0 amide bonds. The highest BCUT2D eigenvalue weighted by Gasteiger charge is 2.45. The summed E-state index contributed by atoms with van der Waals surface area (Å²) in [6.07, 6.45) is -4.40. The Labute approximate surface area is 105 Å². The van der Waals surface area contributed by atoms with E-state index in [1.807, 2.05) is 0 Å². The first-order valence-electron chi connectivity index (χ1n) is 5.67. The van der Waals surface area contributed by atoms with Crippen LogP contribution in [0.5, 0.6) is 0 Å². The Kier molecular flexibility index (Phi) is 6.62. The van der Waals surface area contributed by atoms with Crippen molar-refractivity contribution >= 4 is 5.97 Å². The minimum atomic E-state index is -4.40. The third-order valence-corrected chi connectivity index (χ3v) is 2.60. The van der Waals surface area contributed by atoms with Crippen LogP contribution >= 0.6 is 0 Å². The molecule has 18 heavy (non-hydrogen) atoms. The average molecular weight is 271 g/mol. The molecule has 0 aliphatic carbocycles. The van der Waals surface area contributed by atoms with Crippen LogP contribution in [0.15, 0.2) is 0 Å². The van der Waals surface area contributed by atoms with Gasteiger partial charge in [0.25, 0.3) is 0 Å². The lowest BCUT2D eigenvalue weighted by molar-refractivity contribution is -0.162. The first-order valence-corrected chi connectivity index (χ1v) is 5.67. The van der Waals surface area contributed by atoms with Crippen molar-refractivity contribution in [1.29, 1.82) is 0 Å². The lowest BCUT2D eigenvalue weighted by atomic mass is 9.87. The van der Waals surface area contributed by atoms with Gasteiger partial charge in [0.2, 0.25) is 0 Å². The van der Waals surface area contributed by atoms with Gasteiger partial charge < -0.3 is 9.47 Å². The van der Waals surface area contributed by atoms with E-state index >= 15 is 0 Å². The summed E-state index contributed by atoms with van der Waals surface area (Å²) in [5.74, 6) is -1.13. The van der Waals surface area contributed by atoms with Crippen LogP contribution in [0, 0.1) is 5.92 Å². The summed E-state index contributed by atoms with van der Waals surface area (Å²) in [5.41, 5.74) is -1.49. The summed E-state index contributed by atoms with van der Waals surface area (Å²) in [7, 11) is 1.33. The molecule has 0 saturated heterocycles. The summed E-state index contributed by atoms with van der Waals surface area (Å²) in [4.78, 5) is 11.9. The Balaban J connectivity index is 5.03. The quantitative estimate of drug-likeness (QED) is 0.717. The number of nitrogens with one attached hydrogen (secondary N) is 1. The first kappa shape index (κ1) is 17.2. The fourth-order valence-corrected chi connectivity index (χ4v) is 1.53. The van der Waals surface area contributed by atoms with Gasteiger partial charge in [0.05, 0.1) is 19.8 Å². The van der Waals surface area contributed by atoms with Crippen molar-refractivity contribution in [2.75, 3.05) is 26.9 Å².